The number of aromatic nitrogens is 2. The van der Waals surface area contributed by atoms with Gasteiger partial charge in [-0.05, 0) is 24.0 Å². The summed E-state index contributed by atoms with van der Waals surface area (Å²) in [5, 5.41) is 13.4. The van der Waals surface area contributed by atoms with Gasteiger partial charge in [-0.25, -0.2) is 0 Å². The Bertz CT molecular complexity index is 549. The Morgan fingerprint density at radius 2 is 1.71 bits per heavy atom. The minimum atomic E-state index is -0.510. The molecular weight excluding hydrogens is 262 g/mol. The topological polar surface area (TPSA) is 58.0 Å². The van der Waals surface area contributed by atoms with Crippen LogP contribution in [0, 0.1) is 6.92 Å². The lowest BCUT2D eigenvalue weighted by molar-refractivity contribution is 0.174. The summed E-state index contributed by atoms with van der Waals surface area (Å²) in [7, 11) is 0. The van der Waals surface area contributed by atoms with Gasteiger partial charge in [0, 0.05) is 25.5 Å². The van der Waals surface area contributed by atoms with Crippen LogP contribution in [0.1, 0.15) is 48.4 Å². The molecule has 0 aliphatic rings. The molecule has 0 saturated carbocycles. The largest absolute Gasteiger partial charge is 0.387 e. The number of hydrogen-bond acceptors (Lipinski definition) is 4. The third-order valence-electron chi connectivity index (χ3n) is 3.47. The SMILES string of the molecule is Cc1cnc(CNCC(O)c2ccc(C(C)C)cc2)cn1. The summed E-state index contributed by atoms with van der Waals surface area (Å²) >= 11 is 0. The van der Waals surface area contributed by atoms with Crippen molar-refractivity contribution in [3.05, 3.63) is 59.2 Å². The fraction of sp³-hybridized carbons (Fsp3) is 0.412. The van der Waals surface area contributed by atoms with Gasteiger partial charge in [-0.15, -0.1) is 0 Å². The van der Waals surface area contributed by atoms with Gasteiger partial charge in [0.2, 0.25) is 0 Å². The highest BCUT2D eigenvalue weighted by molar-refractivity contribution is 5.26. The van der Waals surface area contributed by atoms with E-state index >= 15 is 0 Å². The fourth-order valence-corrected chi connectivity index (χ4v) is 2.07. The molecule has 112 valence electrons. The number of nitrogens with zero attached hydrogens (tertiary/aromatic N) is 2. The third-order valence-corrected chi connectivity index (χ3v) is 3.47. The highest BCUT2D eigenvalue weighted by atomic mass is 16.3. The summed E-state index contributed by atoms with van der Waals surface area (Å²) in [6.45, 7) is 7.34. The molecule has 4 nitrogen and oxygen atoms in total. The molecule has 0 bridgehead atoms. The number of aryl methyl sites for hydroxylation is 1. The predicted octanol–water partition coefficient (Wildman–Crippen LogP) is 2.73. The van der Waals surface area contributed by atoms with Gasteiger partial charge >= 0.3 is 0 Å². The Labute approximate surface area is 126 Å². The highest BCUT2D eigenvalue weighted by Gasteiger charge is 2.08. The maximum Gasteiger partial charge on any atom is 0.0914 e. The second-order valence-electron chi connectivity index (χ2n) is 5.62. The Morgan fingerprint density at radius 1 is 1.05 bits per heavy atom. The average molecular weight is 285 g/mol. The number of benzene rings is 1. The van der Waals surface area contributed by atoms with Gasteiger partial charge in [0.1, 0.15) is 0 Å². The molecule has 1 heterocycles. The van der Waals surface area contributed by atoms with Crippen molar-refractivity contribution in [2.45, 2.75) is 39.3 Å². The molecule has 0 saturated heterocycles. The van der Waals surface area contributed by atoms with Crippen LogP contribution in [0.15, 0.2) is 36.7 Å². The van der Waals surface area contributed by atoms with Crippen LogP contribution < -0.4 is 5.32 Å². The van der Waals surface area contributed by atoms with Gasteiger partial charge in [-0.3, -0.25) is 9.97 Å². The van der Waals surface area contributed by atoms with E-state index in [1.165, 1.54) is 5.56 Å². The molecule has 2 rings (SSSR count). The van der Waals surface area contributed by atoms with Crippen LogP contribution in [-0.2, 0) is 6.54 Å². The lowest BCUT2D eigenvalue weighted by atomic mass is 10.00. The Hall–Kier alpha value is -1.78. The van der Waals surface area contributed by atoms with Crippen LogP contribution in [-0.4, -0.2) is 21.6 Å². The molecule has 0 amide bonds. The fourth-order valence-electron chi connectivity index (χ4n) is 2.07. The molecule has 4 heteroatoms. The summed E-state index contributed by atoms with van der Waals surface area (Å²) < 4.78 is 0. The van der Waals surface area contributed by atoms with Crippen LogP contribution in [0.2, 0.25) is 0 Å². The van der Waals surface area contributed by atoms with E-state index in [-0.39, 0.29) is 0 Å². The number of rotatable bonds is 6. The average Bonchev–Trinajstić information content (AvgIpc) is 2.49. The van der Waals surface area contributed by atoms with E-state index in [4.69, 9.17) is 0 Å². The molecule has 1 atom stereocenters. The van der Waals surface area contributed by atoms with Gasteiger partial charge in [-0.2, -0.15) is 0 Å². The number of aliphatic hydroxyl groups is 1. The molecule has 0 fully saturated rings. The Morgan fingerprint density at radius 3 is 2.29 bits per heavy atom. The maximum atomic E-state index is 10.2. The zero-order chi connectivity index (χ0) is 15.2. The van der Waals surface area contributed by atoms with Gasteiger partial charge in [0.05, 0.1) is 17.5 Å². The molecule has 0 spiro atoms. The number of nitrogens with one attached hydrogen (secondary N) is 1. The molecule has 2 aromatic rings. The summed E-state index contributed by atoms with van der Waals surface area (Å²) in [4.78, 5) is 8.47. The molecule has 21 heavy (non-hydrogen) atoms. The molecule has 2 N–H and O–H groups in total. The van der Waals surface area contributed by atoms with E-state index in [1.54, 1.807) is 12.4 Å². The van der Waals surface area contributed by atoms with Crippen molar-refractivity contribution >= 4 is 0 Å². The molecule has 0 aliphatic heterocycles. The first-order chi connectivity index (χ1) is 10.1. The van der Waals surface area contributed by atoms with Crippen molar-refractivity contribution < 1.29 is 5.11 Å². The second kappa shape index (κ2) is 7.29. The lowest BCUT2D eigenvalue weighted by Crippen LogP contribution is -2.21. The predicted molar refractivity (Wildman–Crippen MR) is 84.0 cm³/mol. The van der Waals surface area contributed by atoms with Crippen LogP contribution in [0.4, 0.5) is 0 Å². The van der Waals surface area contributed by atoms with Crippen LogP contribution >= 0.6 is 0 Å². The summed E-state index contributed by atoms with van der Waals surface area (Å²) in [6.07, 6.45) is 2.99. The number of aliphatic hydroxyl groups excluding tert-OH is 1. The Kier molecular flexibility index (Phi) is 5.42. The molecule has 1 aromatic carbocycles. The zero-order valence-electron chi connectivity index (χ0n) is 12.9. The monoisotopic (exact) mass is 285 g/mol. The van der Waals surface area contributed by atoms with Crippen LogP contribution in [0.5, 0.6) is 0 Å². The van der Waals surface area contributed by atoms with E-state index in [2.05, 4.69) is 41.3 Å². The normalized spacial score (nSPS) is 12.6. The lowest BCUT2D eigenvalue weighted by Gasteiger charge is -2.13. The minimum absolute atomic E-state index is 0.497. The van der Waals surface area contributed by atoms with Gasteiger partial charge < -0.3 is 10.4 Å². The van der Waals surface area contributed by atoms with Crippen molar-refractivity contribution in [1.29, 1.82) is 0 Å². The van der Waals surface area contributed by atoms with Crippen molar-refractivity contribution in [1.82, 2.24) is 15.3 Å². The standard InChI is InChI=1S/C17H23N3O/c1-12(2)14-4-6-15(7-5-14)17(21)11-18-9-16-10-19-13(3)8-20-16/h4-8,10,12,17-18,21H,9,11H2,1-3H3. The summed E-state index contributed by atoms with van der Waals surface area (Å²) in [6, 6.07) is 8.14. The minimum Gasteiger partial charge on any atom is -0.387 e. The van der Waals surface area contributed by atoms with E-state index in [1.807, 2.05) is 19.1 Å². The van der Waals surface area contributed by atoms with E-state index in [0.717, 1.165) is 17.0 Å². The maximum absolute atomic E-state index is 10.2. The van der Waals surface area contributed by atoms with Gasteiger partial charge in [0.25, 0.3) is 0 Å². The van der Waals surface area contributed by atoms with Crippen molar-refractivity contribution in [3.8, 4) is 0 Å². The molecule has 1 unspecified atom stereocenters. The third kappa shape index (κ3) is 4.62. The second-order valence-corrected chi connectivity index (χ2v) is 5.62. The number of hydrogen-bond donors (Lipinski definition) is 2. The Balaban J connectivity index is 1.83. The van der Waals surface area contributed by atoms with Crippen molar-refractivity contribution in [3.63, 3.8) is 0 Å². The van der Waals surface area contributed by atoms with Gasteiger partial charge in [0.15, 0.2) is 0 Å². The van der Waals surface area contributed by atoms with E-state index < -0.39 is 6.10 Å². The van der Waals surface area contributed by atoms with Crippen molar-refractivity contribution in [2.24, 2.45) is 0 Å². The van der Waals surface area contributed by atoms with Gasteiger partial charge in [-0.1, -0.05) is 38.1 Å². The van der Waals surface area contributed by atoms with Crippen LogP contribution in [0.3, 0.4) is 0 Å². The first kappa shape index (κ1) is 15.6. The van der Waals surface area contributed by atoms with Crippen LogP contribution in [0.25, 0.3) is 0 Å². The van der Waals surface area contributed by atoms with E-state index in [9.17, 15) is 5.11 Å². The molecule has 1 aromatic heterocycles. The summed E-state index contributed by atoms with van der Waals surface area (Å²) in [5.41, 5.74) is 4.00. The molecule has 0 radical (unpaired) electrons. The highest BCUT2D eigenvalue weighted by Crippen LogP contribution is 2.18. The smallest absolute Gasteiger partial charge is 0.0914 e. The zero-order valence-corrected chi connectivity index (χ0v) is 12.9. The van der Waals surface area contributed by atoms with Crippen molar-refractivity contribution in [2.75, 3.05) is 6.54 Å². The molecular formula is C17H23N3O. The quantitative estimate of drug-likeness (QED) is 0.857. The first-order valence-electron chi connectivity index (χ1n) is 7.32. The summed E-state index contributed by atoms with van der Waals surface area (Å²) in [5.74, 6) is 0.509. The first-order valence-corrected chi connectivity index (χ1v) is 7.32. The van der Waals surface area contributed by atoms with E-state index in [0.29, 0.717) is 19.0 Å². The molecule has 0 aliphatic carbocycles.